The Kier molecular flexibility index (Phi) is 5.48. The van der Waals surface area contributed by atoms with E-state index in [2.05, 4.69) is 5.32 Å². The fraction of sp³-hybridized carbons (Fsp3) is 0.467. The Labute approximate surface area is 133 Å². The second kappa shape index (κ2) is 7.14. The smallest absolute Gasteiger partial charge is 0.326 e. The Bertz CT molecular complexity index is 521. The van der Waals surface area contributed by atoms with Gasteiger partial charge in [0.15, 0.2) is 0 Å². The highest BCUT2D eigenvalue weighted by atomic mass is 35.5. The summed E-state index contributed by atoms with van der Waals surface area (Å²) in [5.74, 6) is -1.48. The predicted octanol–water partition coefficient (Wildman–Crippen LogP) is 3.76. The van der Waals surface area contributed by atoms with E-state index in [0.717, 1.165) is 32.1 Å². The number of halogens is 2. The molecule has 0 aliphatic heterocycles. The Morgan fingerprint density at radius 2 is 1.67 bits per heavy atom. The third-order valence-electron chi connectivity index (χ3n) is 3.80. The van der Waals surface area contributed by atoms with Crippen LogP contribution in [0.3, 0.4) is 0 Å². The molecular weight excluding hydrogens is 313 g/mol. The first-order valence-electron chi connectivity index (χ1n) is 6.97. The monoisotopic (exact) mass is 329 g/mol. The Balaban J connectivity index is 2.12. The summed E-state index contributed by atoms with van der Waals surface area (Å²) >= 11 is 11.7. The Morgan fingerprint density at radius 1 is 1.10 bits per heavy atom. The van der Waals surface area contributed by atoms with Gasteiger partial charge in [-0.25, -0.2) is 4.79 Å². The number of aliphatic carboxylic acids is 1. The molecule has 1 unspecified atom stereocenters. The van der Waals surface area contributed by atoms with Gasteiger partial charge in [-0.3, -0.25) is 4.79 Å². The number of carboxylic acids is 1. The van der Waals surface area contributed by atoms with Gasteiger partial charge < -0.3 is 10.4 Å². The van der Waals surface area contributed by atoms with Crippen LogP contribution in [-0.2, 0) is 4.79 Å². The second-order valence-corrected chi connectivity index (χ2v) is 6.22. The van der Waals surface area contributed by atoms with Gasteiger partial charge in [-0.1, -0.05) is 42.5 Å². The number of carboxylic acid groups (broad SMARTS) is 1. The molecular formula is C15H17Cl2NO3. The number of amides is 1. The Hall–Kier alpha value is -1.26. The van der Waals surface area contributed by atoms with Crippen LogP contribution in [-0.4, -0.2) is 23.0 Å². The molecule has 114 valence electrons. The van der Waals surface area contributed by atoms with E-state index in [0.29, 0.717) is 10.0 Å². The molecule has 1 atom stereocenters. The number of benzene rings is 1. The molecule has 1 aliphatic rings. The molecule has 0 bridgehead atoms. The van der Waals surface area contributed by atoms with Crippen LogP contribution in [0.5, 0.6) is 0 Å². The van der Waals surface area contributed by atoms with Crippen molar-refractivity contribution in [2.75, 3.05) is 0 Å². The van der Waals surface area contributed by atoms with Crippen molar-refractivity contribution in [1.29, 1.82) is 0 Å². The van der Waals surface area contributed by atoms with Crippen molar-refractivity contribution in [3.8, 4) is 0 Å². The van der Waals surface area contributed by atoms with E-state index in [-0.39, 0.29) is 11.5 Å². The standard InChI is InChI=1S/C15H17Cl2NO3/c16-11-6-10(7-12(17)8-11)14(19)18-13(15(20)21)9-4-2-1-3-5-9/h6-9,13H,1-5H2,(H,18,19)(H,20,21). The summed E-state index contributed by atoms with van der Waals surface area (Å²) in [4.78, 5) is 23.6. The summed E-state index contributed by atoms with van der Waals surface area (Å²) in [6, 6.07) is 3.61. The van der Waals surface area contributed by atoms with Crippen LogP contribution in [0.2, 0.25) is 10.0 Å². The van der Waals surface area contributed by atoms with Gasteiger partial charge >= 0.3 is 5.97 Å². The molecule has 1 aliphatic carbocycles. The minimum Gasteiger partial charge on any atom is -0.480 e. The zero-order valence-electron chi connectivity index (χ0n) is 11.4. The van der Waals surface area contributed by atoms with Gasteiger partial charge in [-0.15, -0.1) is 0 Å². The molecule has 1 fully saturated rings. The minimum atomic E-state index is -0.997. The maximum absolute atomic E-state index is 12.2. The van der Waals surface area contributed by atoms with Gasteiger partial charge in [0.2, 0.25) is 0 Å². The first kappa shape index (κ1) is 16.1. The van der Waals surface area contributed by atoms with Gasteiger partial charge in [0.1, 0.15) is 6.04 Å². The highest BCUT2D eigenvalue weighted by molar-refractivity contribution is 6.35. The number of hydrogen-bond acceptors (Lipinski definition) is 2. The normalized spacial score (nSPS) is 17.2. The van der Waals surface area contributed by atoms with Crippen molar-refractivity contribution in [3.05, 3.63) is 33.8 Å². The van der Waals surface area contributed by atoms with Crippen molar-refractivity contribution in [3.63, 3.8) is 0 Å². The van der Waals surface area contributed by atoms with E-state index in [1.807, 2.05) is 0 Å². The minimum absolute atomic E-state index is 0.0187. The van der Waals surface area contributed by atoms with Crippen molar-refractivity contribution >= 4 is 35.1 Å². The largest absolute Gasteiger partial charge is 0.480 e. The summed E-state index contributed by atoms with van der Waals surface area (Å²) in [5, 5.41) is 12.7. The van der Waals surface area contributed by atoms with Crippen LogP contribution in [0.1, 0.15) is 42.5 Å². The lowest BCUT2D eigenvalue weighted by molar-refractivity contribution is -0.141. The van der Waals surface area contributed by atoms with Gasteiger partial charge in [0.25, 0.3) is 5.91 Å². The van der Waals surface area contributed by atoms with E-state index < -0.39 is 17.9 Å². The van der Waals surface area contributed by atoms with Crippen molar-refractivity contribution < 1.29 is 14.7 Å². The maximum Gasteiger partial charge on any atom is 0.326 e. The number of nitrogens with one attached hydrogen (secondary N) is 1. The molecule has 0 radical (unpaired) electrons. The molecule has 4 nitrogen and oxygen atoms in total. The predicted molar refractivity (Wildman–Crippen MR) is 81.9 cm³/mol. The highest BCUT2D eigenvalue weighted by Crippen LogP contribution is 2.27. The molecule has 21 heavy (non-hydrogen) atoms. The molecule has 0 heterocycles. The van der Waals surface area contributed by atoms with Crippen LogP contribution >= 0.6 is 23.2 Å². The van der Waals surface area contributed by atoms with E-state index in [1.165, 1.54) is 18.2 Å². The van der Waals surface area contributed by atoms with Gasteiger partial charge in [0.05, 0.1) is 0 Å². The molecule has 1 saturated carbocycles. The Morgan fingerprint density at radius 3 is 2.19 bits per heavy atom. The molecule has 0 saturated heterocycles. The quantitative estimate of drug-likeness (QED) is 0.883. The zero-order valence-corrected chi connectivity index (χ0v) is 13.0. The number of carbonyl (C=O) groups is 2. The summed E-state index contributed by atoms with van der Waals surface area (Å²) in [5.41, 5.74) is 0.273. The molecule has 6 heteroatoms. The van der Waals surface area contributed by atoms with E-state index in [1.54, 1.807) is 0 Å². The first-order chi connectivity index (χ1) is 9.97. The number of carbonyl (C=O) groups excluding carboxylic acids is 1. The van der Waals surface area contributed by atoms with E-state index in [9.17, 15) is 14.7 Å². The molecule has 0 aromatic heterocycles. The zero-order chi connectivity index (χ0) is 15.4. The molecule has 1 amide bonds. The maximum atomic E-state index is 12.2. The third kappa shape index (κ3) is 4.35. The number of rotatable bonds is 4. The first-order valence-corrected chi connectivity index (χ1v) is 7.72. The van der Waals surface area contributed by atoms with Crippen LogP contribution < -0.4 is 5.32 Å². The topological polar surface area (TPSA) is 66.4 Å². The van der Waals surface area contributed by atoms with Gasteiger partial charge in [-0.2, -0.15) is 0 Å². The van der Waals surface area contributed by atoms with E-state index >= 15 is 0 Å². The lowest BCUT2D eigenvalue weighted by Gasteiger charge is -2.28. The average molecular weight is 330 g/mol. The summed E-state index contributed by atoms with van der Waals surface area (Å²) in [6.45, 7) is 0. The third-order valence-corrected chi connectivity index (χ3v) is 4.24. The number of hydrogen-bond donors (Lipinski definition) is 2. The van der Waals surface area contributed by atoms with Crippen molar-refractivity contribution in [2.45, 2.75) is 38.1 Å². The van der Waals surface area contributed by atoms with Crippen LogP contribution in [0, 0.1) is 5.92 Å². The lowest BCUT2D eigenvalue weighted by Crippen LogP contribution is -2.46. The molecule has 0 spiro atoms. The van der Waals surface area contributed by atoms with E-state index in [4.69, 9.17) is 23.2 Å². The van der Waals surface area contributed by atoms with Crippen molar-refractivity contribution in [1.82, 2.24) is 5.32 Å². The fourth-order valence-electron chi connectivity index (χ4n) is 2.76. The average Bonchev–Trinajstić information content (AvgIpc) is 2.44. The highest BCUT2D eigenvalue weighted by Gasteiger charge is 2.31. The molecule has 1 aromatic carbocycles. The lowest BCUT2D eigenvalue weighted by atomic mass is 9.84. The van der Waals surface area contributed by atoms with Crippen LogP contribution in [0.15, 0.2) is 18.2 Å². The van der Waals surface area contributed by atoms with Crippen LogP contribution in [0.25, 0.3) is 0 Å². The summed E-state index contributed by atoms with van der Waals surface area (Å²) < 4.78 is 0. The summed E-state index contributed by atoms with van der Waals surface area (Å²) in [7, 11) is 0. The molecule has 2 rings (SSSR count). The second-order valence-electron chi connectivity index (χ2n) is 5.35. The summed E-state index contributed by atoms with van der Waals surface area (Å²) in [6.07, 6.45) is 4.79. The van der Waals surface area contributed by atoms with Gasteiger partial charge in [-0.05, 0) is 37.0 Å². The fourth-order valence-corrected chi connectivity index (χ4v) is 3.28. The molecule has 1 aromatic rings. The SMILES string of the molecule is O=C(NC(C(=O)O)C1CCCCC1)c1cc(Cl)cc(Cl)c1. The van der Waals surface area contributed by atoms with Gasteiger partial charge in [0, 0.05) is 15.6 Å². The molecule has 2 N–H and O–H groups in total. The van der Waals surface area contributed by atoms with Crippen molar-refractivity contribution in [2.24, 2.45) is 5.92 Å². The van der Waals surface area contributed by atoms with Crippen LogP contribution in [0.4, 0.5) is 0 Å².